The van der Waals surface area contributed by atoms with E-state index < -0.39 is 0 Å². The topological polar surface area (TPSA) is 71.1 Å². The van der Waals surface area contributed by atoms with Gasteiger partial charge in [0, 0.05) is 54.8 Å². The number of nitrogens with one attached hydrogen (secondary N) is 1. The van der Waals surface area contributed by atoms with Crippen LogP contribution in [0.1, 0.15) is 6.42 Å². The molecule has 4 rings (SSSR count). The molecule has 1 aliphatic heterocycles. The largest absolute Gasteiger partial charge is 0.481 e. The van der Waals surface area contributed by atoms with Crippen molar-refractivity contribution in [1.29, 1.82) is 0 Å². The molecule has 0 amide bonds. The normalized spacial score (nSPS) is 14.3. The molecule has 0 spiro atoms. The molecule has 1 fully saturated rings. The van der Waals surface area contributed by atoms with Crippen LogP contribution in [0.3, 0.4) is 0 Å². The Bertz CT molecular complexity index is 973. The van der Waals surface area contributed by atoms with Crippen molar-refractivity contribution in [3.8, 4) is 17.0 Å². The molecule has 0 atom stereocenters. The molecule has 26 heavy (non-hydrogen) atoms. The van der Waals surface area contributed by atoms with E-state index in [1.165, 1.54) is 6.08 Å². The molecule has 4 heterocycles. The molecule has 3 aromatic rings. The SMILES string of the molecule is C=CC(=O)CC1CN(c2cnc3[nH]cc(-c4ccnc(OC)c4)c3c2)C1. The van der Waals surface area contributed by atoms with Crippen LogP contribution >= 0.6 is 0 Å². The van der Waals surface area contributed by atoms with Crippen molar-refractivity contribution < 1.29 is 9.53 Å². The number of aromatic amines is 1. The Kier molecular flexibility index (Phi) is 4.16. The quantitative estimate of drug-likeness (QED) is 0.693. The number of hydrogen-bond donors (Lipinski definition) is 1. The standard InChI is InChI=1S/C20H20N4O2/c1-3-16(25)6-13-11-24(12-13)15-8-17-18(10-23-20(17)22-9-15)14-4-5-21-19(7-14)26-2/h3-5,7-10,13H,1,6,11-12H2,2H3,(H,22,23). The van der Waals surface area contributed by atoms with Crippen LogP contribution in [0.15, 0.2) is 49.4 Å². The third-order valence-electron chi connectivity index (χ3n) is 4.81. The first-order valence-electron chi connectivity index (χ1n) is 8.55. The molecule has 0 saturated carbocycles. The van der Waals surface area contributed by atoms with E-state index in [9.17, 15) is 4.79 Å². The van der Waals surface area contributed by atoms with Gasteiger partial charge < -0.3 is 14.6 Å². The number of ether oxygens (including phenoxy) is 1. The van der Waals surface area contributed by atoms with E-state index in [1.807, 2.05) is 24.5 Å². The first-order chi connectivity index (χ1) is 12.7. The van der Waals surface area contributed by atoms with Gasteiger partial charge in [-0.3, -0.25) is 4.79 Å². The van der Waals surface area contributed by atoms with Gasteiger partial charge in [0.25, 0.3) is 0 Å². The number of fused-ring (bicyclic) bond motifs is 1. The number of pyridine rings is 2. The summed E-state index contributed by atoms with van der Waals surface area (Å²) in [6.07, 6.45) is 7.55. The summed E-state index contributed by atoms with van der Waals surface area (Å²) in [5, 5.41) is 1.06. The highest BCUT2D eigenvalue weighted by Gasteiger charge is 2.28. The maximum absolute atomic E-state index is 11.5. The van der Waals surface area contributed by atoms with Crippen LogP contribution in [0.4, 0.5) is 5.69 Å². The van der Waals surface area contributed by atoms with E-state index in [4.69, 9.17) is 4.74 Å². The summed E-state index contributed by atoms with van der Waals surface area (Å²) in [5.41, 5.74) is 4.01. The molecule has 3 aromatic heterocycles. The maximum Gasteiger partial charge on any atom is 0.213 e. The van der Waals surface area contributed by atoms with Crippen LogP contribution in [0.5, 0.6) is 5.88 Å². The van der Waals surface area contributed by atoms with Crippen LogP contribution in [-0.4, -0.2) is 40.9 Å². The van der Waals surface area contributed by atoms with Crippen LogP contribution in [0, 0.1) is 5.92 Å². The number of ketones is 1. The smallest absolute Gasteiger partial charge is 0.213 e. The molecule has 6 nitrogen and oxygen atoms in total. The second kappa shape index (κ2) is 6.63. The van der Waals surface area contributed by atoms with Gasteiger partial charge >= 0.3 is 0 Å². The molecule has 6 heteroatoms. The van der Waals surface area contributed by atoms with Crippen LogP contribution in [0.2, 0.25) is 0 Å². The van der Waals surface area contributed by atoms with Gasteiger partial charge in [0.05, 0.1) is 19.0 Å². The molecule has 132 valence electrons. The Labute approximate surface area is 151 Å². The average molecular weight is 348 g/mol. The Morgan fingerprint density at radius 3 is 3.04 bits per heavy atom. The summed E-state index contributed by atoms with van der Waals surface area (Å²) in [7, 11) is 1.61. The average Bonchev–Trinajstić information content (AvgIpc) is 3.07. The zero-order valence-electron chi connectivity index (χ0n) is 14.6. The zero-order valence-corrected chi connectivity index (χ0v) is 14.6. The van der Waals surface area contributed by atoms with E-state index in [-0.39, 0.29) is 5.78 Å². The molecule has 1 aliphatic rings. The maximum atomic E-state index is 11.5. The molecule has 1 saturated heterocycles. The number of carbonyl (C=O) groups excluding carboxylic acids is 1. The number of H-pyrrole nitrogens is 1. The molecule has 0 aliphatic carbocycles. The van der Waals surface area contributed by atoms with E-state index in [1.54, 1.807) is 13.3 Å². The van der Waals surface area contributed by atoms with Crippen molar-refractivity contribution in [2.45, 2.75) is 6.42 Å². The predicted molar refractivity (Wildman–Crippen MR) is 101 cm³/mol. The fourth-order valence-electron chi connectivity index (χ4n) is 3.37. The number of aromatic nitrogens is 3. The summed E-state index contributed by atoms with van der Waals surface area (Å²) in [6, 6.07) is 6.01. The molecule has 1 N–H and O–H groups in total. The lowest BCUT2D eigenvalue weighted by atomic mass is 9.93. The number of allylic oxidation sites excluding steroid dienone is 1. The van der Waals surface area contributed by atoms with Gasteiger partial charge in [0.1, 0.15) is 5.65 Å². The molecule has 0 radical (unpaired) electrons. The molecule has 0 unspecified atom stereocenters. The van der Waals surface area contributed by atoms with E-state index in [0.29, 0.717) is 18.2 Å². The lowest BCUT2D eigenvalue weighted by Gasteiger charge is -2.40. The Balaban J connectivity index is 1.59. The third-order valence-corrected chi connectivity index (χ3v) is 4.81. The minimum absolute atomic E-state index is 0.114. The summed E-state index contributed by atoms with van der Waals surface area (Å²) >= 11 is 0. The molecule has 0 bridgehead atoms. The minimum atomic E-state index is 0.114. The van der Waals surface area contributed by atoms with E-state index in [2.05, 4.69) is 32.5 Å². The molecular weight excluding hydrogens is 328 g/mol. The van der Waals surface area contributed by atoms with Gasteiger partial charge in [0.15, 0.2) is 5.78 Å². The lowest BCUT2D eigenvalue weighted by Crippen LogP contribution is -2.47. The van der Waals surface area contributed by atoms with Gasteiger partial charge in [-0.1, -0.05) is 6.58 Å². The Hall–Kier alpha value is -3.15. The van der Waals surface area contributed by atoms with Gasteiger partial charge in [-0.05, 0) is 23.8 Å². The highest BCUT2D eigenvalue weighted by atomic mass is 16.5. The first-order valence-corrected chi connectivity index (χ1v) is 8.55. The van der Waals surface area contributed by atoms with Gasteiger partial charge in [0.2, 0.25) is 5.88 Å². The molecule has 0 aromatic carbocycles. The van der Waals surface area contributed by atoms with Gasteiger partial charge in [-0.25, -0.2) is 9.97 Å². The van der Waals surface area contributed by atoms with Crippen molar-refractivity contribution >= 4 is 22.5 Å². The van der Waals surface area contributed by atoms with Crippen LogP contribution < -0.4 is 9.64 Å². The number of anilines is 1. The Morgan fingerprint density at radius 2 is 2.27 bits per heavy atom. The summed E-state index contributed by atoms with van der Waals surface area (Å²) in [4.78, 5) is 25.7. The number of hydrogen-bond acceptors (Lipinski definition) is 5. The zero-order chi connectivity index (χ0) is 18.1. The fourth-order valence-corrected chi connectivity index (χ4v) is 3.37. The number of rotatable bonds is 6. The number of nitrogens with zero attached hydrogens (tertiary/aromatic N) is 3. The second-order valence-corrected chi connectivity index (χ2v) is 6.52. The predicted octanol–water partition coefficient (Wildman–Crippen LogP) is 3.21. The highest BCUT2D eigenvalue weighted by Crippen LogP contribution is 2.33. The third kappa shape index (κ3) is 2.94. The lowest BCUT2D eigenvalue weighted by molar-refractivity contribution is -0.115. The second-order valence-electron chi connectivity index (χ2n) is 6.52. The fraction of sp³-hybridized carbons (Fsp3) is 0.250. The molecular formula is C20H20N4O2. The minimum Gasteiger partial charge on any atom is -0.481 e. The van der Waals surface area contributed by atoms with Crippen LogP contribution in [0.25, 0.3) is 22.2 Å². The summed E-state index contributed by atoms with van der Waals surface area (Å²) in [6.45, 7) is 5.28. The highest BCUT2D eigenvalue weighted by molar-refractivity contribution is 5.95. The van der Waals surface area contributed by atoms with E-state index in [0.717, 1.165) is 40.9 Å². The number of carbonyl (C=O) groups is 1. The van der Waals surface area contributed by atoms with Gasteiger partial charge in [-0.15, -0.1) is 0 Å². The first kappa shape index (κ1) is 16.3. The monoisotopic (exact) mass is 348 g/mol. The van der Waals surface area contributed by atoms with Crippen molar-refractivity contribution in [2.75, 3.05) is 25.1 Å². The summed E-state index contributed by atoms with van der Waals surface area (Å²) < 4.78 is 5.23. The van der Waals surface area contributed by atoms with Crippen molar-refractivity contribution in [1.82, 2.24) is 15.0 Å². The van der Waals surface area contributed by atoms with Crippen molar-refractivity contribution in [3.05, 3.63) is 49.4 Å². The Morgan fingerprint density at radius 1 is 1.42 bits per heavy atom. The van der Waals surface area contributed by atoms with Gasteiger partial charge in [-0.2, -0.15) is 0 Å². The van der Waals surface area contributed by atoms with E-state index >= 15 is 0 Å². The summed E-state index contributed by atoms with van der Waals surface area (Å²) in [5.74, 6) is 1.09. The van der Waals surface area contributed by atoms with Crippen LogP contribution in [-0.2, 0) is 4.79 Å². The number of methoxy groups -OCH3 is 1. The van der Waals surface area contributed by atoms with Crippen molar-refractivity contribution in [3.63, 3.8) is 0 Å². The van der Waals surface area contributed by atoms with Crippen molar-refractivity contribution in [2.24, 2.45) is 5.92 Å².